The van der Waals surface area contributed by atoms with Crippen molar-refractivity contribution in [1.29, 1.82) is 0 Å². The number of phenols is 1. The number of carbonyl (C=O) groups excluding carboxylic acids is 2. The molecule has 2 N–H and O–H groups in total. The predicted octanol–water partition coefficient (Wildman–Crippen LogP) is 1.68. The zero-order valence-electron chi connectivity index (χ0n) is 8.69. The van der Waals surface area contributed by atoms with Crippen LogP contribution in [0.5, 0.6) is 5.75 Å². The van der Waals surface area contributed by atoms with Crippen molar-refractivity contribution in [3.63, 3.8) is 0 Å². The molecule has 0 spiro atoms. The fourth-order valence-electron chi connectivity index (χ4n) is 1.62. The van der Waals surface area contributed by atoms with E-state index >= 15 is 0 Å². The number of thioether (sulfide) groups is 1. The van der Waals surface area contributed by atoms with Crippen LogP contribution < -0.4 is 5.32 Å². The third kappa shape index (κ3) is 2.04. The van der Waals surface area contributed by atoms with E-state index < -0.39 is 4.75 Å². The third-order valence-corrected chi connectivity index (χ3v) is 3.56. The Labute approximate surface area is 97.0 Å². The molecule has 1 aromatic rings. The average Bonchev–Trinajstić information content (AvgIpc) is 2.44. The maximum Gasteiger partial charge on any atom is 0.286 e. The van der Waals surface area contributed by atoms with Gasteiger partial charge in [0.1, 0.15) is 10.5 Å². The van der Waals surface area contributed by atoms with Gasteiger partial charge in [-0.2, -0.15) is 0 Å². The van der Waals surface area contributed by atoms with Gasteiger partial charge in [-0.1, -0.05) is 12.1 Å². The molecule has 84 valence electrons. The highest BCUT2D eigenvalue weighted by Crippen LogP contribution is 2.34. The largest absolute Gasteiger partial charge is 0.508 e. The molecule has 0 radical (unpaired) electrons. The van der Waals surface area contributed by atoms with E-state index in [0.717, 1.165) is 17.3 Å². The Morgan fingerprint density at radius 2 is 1.94 bits per heavy atom. The normalized spacial score (nSPS) is 24.6. The number of benzene rings is 1. The molecule has 0 saturated carbocycles. The van der Waals surface area contributed by atoms with Gasteiger partial charge in [0.2, 0.25) is 5.91 Å². The summed E-state index contributed by atoms with van der Waals surface area (Å²) in [6.45, 7) is 1.74. The Bertz CT molecular complexity index is 443. The van der Waals surface area contributed by atoms with Gasteiger partial charge in [0.15, 0.2) is 0 Å². The smallest absolute Gasteiger partial charge is 0.286 e. The predicted molar refractivity (Wildman–Crippen MR) is 61.3 cm³/mol. The topological polar surface area (TPSA) is 66.4 Å². The molecular formula is C11H11NO3S. The van der Waals surface area contributed by atoms with Gasteiger partial charge in [0.25, 0.3) is 5.24 Å². The zero-order valence-corrected chi connectivity index (χ0v) is 9.50. The molecule has 2 amide bonds. The summed E-state index contributed by atoms with van der Waals surface area (Å²) in [7, 11) is 0. The molecule has 1 aliphatic heterocycles. The Morgan fingerprint density at radius 3 is 2.44 bits per heavy atom. The van der Waals surface area contributed by atoms with Crippen molar-refractivity contribution < 1.29 is 14.7 Å². The van der Waals surface area contributed by atoms with Crippen LogP contribution >= 0.6 is 11.8 Å². The van der Waals surface area contributed by atoms with E-state index in [0.29, 0.717) is 6.42 Å². The first-order valence-corrected chi connectivity index (χ1v) is 5.64. The van der Waals surface area contributed by atoms with Crippen molar-refractivity contribution in [3.8, 4) is 5.75 Å². The molecule has 1 fully saturated rings. The number of imide groups is 1. The van der Waals surface area contributed by atoms with Gasteiger partial charge < -0.3 is 5.11 Å². The van der Waals surface area contributed by atoms with Gasteiger partial charge in [-0.05, 0) is 42.8 Å². The van der Waals surface area contributed by atoms with Gasteiger partial charge in [-0.25, -0.2) is 0 Å². The average molecular weight is 237 g/mol. The summed E-state index contributed by atoms with van der Waals surface area (Å²) in [4.78, 5) is 22.7. The summed E-state index contributed by atoms with van der Waals surface area (Å²) in [6, 6.07) is 6.63. The summed E-state index contributed by atoms with van der Waals surface area (Å²) in [5.41, 5.74) is 0.914. The first-order valence-electron chi connectivity index (χ1n) is 4.82. The fourth-order valence-corrected chi connectivity index (χ4v) is 2.56. The molecule has 1 heterocycles. The van der Waals surface area contributed by atoms with Gasteiger partial charge >= 0.3 is 0 Å². The minimum absolute atomic E-state index is 0.188. The van der Waals surface area contributed by atoms with E-state index in [1.54, 1.807) is 31.2 Å². The number of hydrogen-bond donors (Lipinski definition) is 2. The molecule has 0 aliphatic carbocycles. The van der Waals surface area contributed by atoms with Crippen LogP contribution in [0.1, 0.15) is 12.5 Å². The first-order chi connectivity index (χ1) is 7.49. The van der Waals surface area contributed by atoms with Gasteiger partial charge in [-0.3, -0.25) is 14.9 Å². The minimum Gasteiger partial charge on any atom is -0.508 e. The van der Waals surface area contributed by atoms with E-state index in [4.69, 9.17) is 5.11 Å². The number of rotatable bonds is 2. The van der Waals surface area contributed by atoms with Crippen LogP contribution in [0.2, 0.25) is 0 Å². The number of aromatic hydroxyl groups is 1. The SMILES string of the molecule is CC1(Cc2ccc(O)cc2)SC(=O)NC1=O. The maximum absolute atomic E-state index is 11.6. The molecule has 1 aromatic carbocycles. The summed E-state index contributed by atoms with van der Waals surface area (Å²) in [5.74, 6) is -0.0657. The standard InChI is InChI=1S/C11H11NO3S/c1-11(9(14)12-10(15)16-11)6-7-2-4-8(13)5-3-7/h2-5,13H,6H2,1H3,(H,12,14,15). The minimum atomic E-state index is -0.742. The Kier molecular flexibility index (Phi) is 2.63. The molecule has 1 unspecified atom stereocenters. The van der Waals surface area contributed by atoms with Crippen LogP contribution in [0.15, 0.2) is 24.3 Å². The van der Waals surface area contributed by atoms with Crippen LogP contribution in [0.3, 0.4) is 0 Å². The second kappa shape index (κ2) is 3.83. The lowest BCUT2D eigenvalue weighted by Crippen LogP contribution is -2.35. The van der Waals surface area contributed by atoms with Crippen molar-refractivity contribution in [2.45, 2.75) is 18.1 Å². The fraction of sp³-hybridized carbons (Fsp3) is 0.273. The van der Waals surface area contributed by atoms with Crippen molar-refractivity contribution in [2.24, 2.45) is 0 Å². The number of carbonyl (C=O) groups is 2. The van der Waals surface area contributed by atoms with E-state index in [1.165, 1.54) is 0 Å². The van der Waals surface area contributed by atoms with E-state index in [1.807, 2.05) is 0 Å². The number of phenolic OH excluding ortho intramolecular Hbond substituents is 1. The Balaban J connectivity index is 2.18. The van der Waals surface area contributed by atoms with Crippen LogP contribution in [0, 0.1) is 0 Å². The van der Waals surface area contributed by atoms with Crippen LogP contribution in [0.25, 0.3) is 0 Å². The summed E-state index contributed by atoms with van der Waals surface area (Å²) < 4.78 is -0.742. The van der Waals surface area contributed by atoms with E-state index in [9.17, 15) is 9.59 Å². The molecule has 1 saturated heterocycles. The van der Waals surface area contributed by atoms with Gasteiger partial charge in [-0.15, -0.1) is 0 Å². The number of hydrogen-bond acceptors (Lipinski definition) is 4. The van der Waals surface area contributed by atoms with Gasteiger partial charge in [0, 0.05) is 0 Å². The number of nitrogens with one attached hydrogen (secondary N) is 1. The highest BCUT2D eigenvalue weighted by Gasteiger charge is 2.43. The molecular weight excluding hydrogens is 226 g/mol. The molecule has 0 aromatic heterocycles. The molecule has 5 heteroatoms. The first kappa shape index (κ1) is 11.0. The molecule has 2 rings (SSSR count). The second-order valence-electron chi connectivity index (χ2n) is 3.92. The lowest BCUT2D eigenvalue weighted by Gasteiger charge is -2.17. The summed E-state index contributed by atoms with van der Waals surface area (Å²) in [6.07, 6.45) is 0.468. The maximum atomic E-state index is 11.6. The van der Waals surface area contributed by atoms with Crippen molar-refractivity contribution in [3.05, 3.63) is 29.8 Å². The lowest BCUT2D eigenvalue weighted by atomic mass is 9.99. The Hall–Kier alpha value is -1.49. The highest BCUT2D eigenvalue weighted by molar-refractivity contribution is 8.16. The second-order valence-corrected chi connectivity index (χ2v) is 5.39. The van der Waals surface area contributed by atoms with Crippen LogP contribution in [0.4, 0.5) is 4.79 Å². The van der Waals surface area contributed by atoms with Crippen molar-refractivity contribution in [1.82, 2.24) is 5.32 Å². The zero-order chi connectivity index (χ0) is 11.8. The van der Waals surface area contributed by atoms with Crippen molar-refractivity contribution >= 4 is 22.9 Å². The van der Waals surface area contributed by atoms with Gasteiger partial charge in [0.05, 0.1) is 0 Å². The molecule has 1 aliphatic rings. The quantitative estimate of drug-likeness (QED) is 0.821. The van der Waals surface area contributed by atoms with E-state index in [-0.39, 0.29) is 16.9 Å². The lowest BCUT2D eigenvalue weighted by molar-refractivity contribution is -0.121. The molecule has 4 nitrogen and oxygen atoms in total. The molecule has 16 heavy (non-hydrogen) atoms. The Morgan fingerprint density at radius 1 is 1.31 bits per heavy atom. The van der Waals surface area contributed by atoms with Crippen LogP contribution in [-0.2, 0) is 11.2 Å². The molecule has 1 atom stereocenters. The molecule has 0 bridgehead atoms. The van der Waals surface area contributed by atoms with Crippen LogP contribution in [-0.4, -0.2) is 21.0 Å². The highest BCUT2D eigenvalue weighted by atomic mass is 32.2. The number of amides is 2. The van der Waals surface area contributed by atoms with E-state index in [2.05, 4.69) is 5.32 Å². The monoisotopic (exact) mass is 237 g/mol. The third-order valence-electron chi connectivity index (χ3n) is 2.49. The summed E-state index contributed by atoms with van der Waals surface area (Å²) >= 11 is 1.01. The summed E-state index contributed by atoms with van der Waals surface area (Å²) in [5, 5.41) is 11.1. The van der Waals surface area contributed by atoms with Crippen molar-refractivity contribution in [2.75, 3.05) is 0 Å².